The van der Waals surface area contributed by atoms with E-state index in [2.05, 4.69) is 10.4 Å². The quantitative estimate of drug-likeness (QED) is 0.319. The predicted octanol–water partition coefficient (Wildman–Crippen LogP) is 3.10. The molecule has 3 rings (SSSR count). The number of aromatic nitrogens is 2. The molecule has 3 aromatic rings. The predicted molar refractivity (Wildman–Crippen MR) is 103 cm³/mol. The zero-order valence-corrected chi connectivity index (χ0v) is 14.9. The molecular weight excluding hydrogens is 358 g/mol. The molecule has 138 valence electrons. The second kappa shape index (κ2) is 7.97. The van der Waals surface area contributed by atoms with Crippen LogP contribution in [-0.2, 0) is 4.79 Å². The number of likely N-dealkylation sites (N-methyl/N-ethyl adjacent to an activating group) is 1. The number of nitro groups is 1. The van der Waals surface area contributed by atoms with E-state index in [-0.39, 0.29) is 11.3 Å². The normalized spacial score (nSPS) is 10.9. The molecule has 2 aromatic carbocycles. The van der Waals surface area contributed by atoms with Crippen LogP contribution < -0.4 is 5.32 Å². The van der Waals surface area contributed by atoms with Crippen molar-refractivity contribution in [1.29, 1.82) is 5.26 Å². The Morgan fingerprint density at radius 1 is 1.21 bits per heavy atom. The van der Waals surface area contributed by atoms with Crippen LogP contribution in [0.4, 0.5) is 5.69 Å². The number of nitro benzene ring substituents is 1. The molecule has 0 radical (unpaired) electrons. The number of nitriles is 1. The molecule has 0 bridgehead atoms. The van der Waals surface area contributed by atoms with Crippen molar-refractivity contribution in [3.8, 4) is 23.0 Å². The van der Waals surface area contributed by atoms with E-state index in [0.29, 0.717) is 16.8 Å². The van der Waals surface area contributed by atoms with Gasteiger partial charge in [0.2, 0.25) is 0 Å². The van der Waals surface area contributed by atoms with Crippen LogP contribution >= 0.6 is 0 Å². The summed E-state index contributed by atoms with van der Waals surface area (Å²) in [6.07, 6.45) is 3.15. The van der Waals surface area contributed by atoms with Gasteiger partial charge in [0.15, 0.2) is 0 Å². The van der Waals surface area contributed by atoms with Gasteiger partial charge in [0.05, 0.1) is 10.6 Å². The van der Waals surface area contributed by atoms with Gasteiger partial charge in [-0.05, 0) is 30.3 Å². The van der Waals surface area contributed by atoms with Crippen molar-refractivity contribution in [3.05, 3.63) is 82.0 Å². The largest absolute Gasteiger partial charge is 0.354 e. The minimum Gasteiger partial charge on any atom is -0.354 e. The number of hydrogen-bond donors (Lipinski definition) is 1. The second-order valence-corrected chi connectivity index (χ2v) is 5.77. The Hall–Kier alpha value is -4.25. The van der Waals surface area contributed by atoms with Crippen molar-refractivity contribution in [3.63, 3.8) is 0 Å². The first-order valence-electron chi connectivity index (χ1n) is 8.27. The summed E-state index contributed by atoms with van der Waals surface area (Å²) in [5.41, 5.74) is 2.35. The molecule has 1 heterocycles. The lowest BCUT2D eigenvalue weighted by Gasteiger charge is -2.01. The van der Waals surface area contributed by atoms with Crippen LogP contribution in [0.3, 0.4) is 0 Å². The minimum atomic E-state index is -0.510. The smallest absolute Gasteiger partial charge is 0.269 e. The summed E-state index contributed by atoms with van der Waals surface area (Å²) in [5.74, 6) is -0.510. The first kappa shape index (κ1) is 18.5. The number of nitrogens with one attached hydrogen (secondary N) is 1. The van der Waals surface area contributed by atoms with Gasteiger partial charge in [-0.2, -0.15) is 10.4 Å². The molecule has 8 nitrogen and oxygen atoms in total. The van der Waals surface area contributed by atoms with Gasteiger partial charge < -0.3 is 5.32 Å². The summed E-state index contributed by atoms with van der Waals surface area (Å²) in [4.78, 5) is 22.3. The fourth-order valence-electron chi connectivity index (χ4n) is 2.61. The molecule has 0 saturated carbocycles. The maximum absolute atomic E-state index is 11.9. The van der Waals surface area contributed by atoms with Crippen molar-refractivity contribution in [2.75, 3.05) is 7.05 Å². The van der Waals surface area contributed by atoms with Crippen LogP contribution in [0.15, 0.2) is 66.4 Å². The molecule has 0 aliphatic rings. The van der Waals surface area contributed by atoms with Crippen molar-refractivity contribution in [2.24, 2.45) is 0 Å². The summed E-state index contributed by atoms with van der Waals surface area (Å²) in [7, 11) is 1.44. The van der Waals surface area contributed by atoms with E-state index >= 15 is 0 Å². The highest BCUT2D eigenvalue weighted by molar-refractivity contribution is 6.02. The highest BCUT2D eigenvalue weighted by atomic mass is 16.6. The average Bonchev–Trinajstić information content (AvgIpc) is 3.16. The number of rotatable bonds is 5. The van der Waals surface area contributed by atoms with Gasteiger partial charge in [0.1, 0.15) is 17.3 Å². The summed E-state index contributed by atoms with van der Waals surface area (Å²) in [6.45, 7) is 0. The lowest BCUT2D eigenvalue weighted by atomic mass is 10.1. The lowest BCUT2D eigenvalue weighted by Crippen LogP contribution is -2.19. The van der Waals surface area contributed by atoms with E-state index < -0.39 is 10.8 Å². The Morgan fingerprint density at radius 3 is 2.46 bits per heavy atom. The number of nitrogens with zero attached hydrogens (tertiary/aromatic N) is 4. The van der Waals surface area contributed by atoms with Gasteiger partial charge in [-0.15, -0.1) is 0 Å². The van der Waals surface area contributed by atoms with Crippen LogP contribution in [0.2, 0.25) is 0 Å². The molecule has 0 aliphatic heterocycles. The molecule has 0 fully saturated rings. The Kier molecular flexibility index (Phi) is 5.28. The highest BCUT2D eigenvalue weighted by Crippen LogP contribution is 2.27. The maximum atomic E-state index is 11.9. The molecule has 0 saturated heterocycles. The van der Waals surface area contributed by atoms with E-state index in [9.17, 15) is 20.2 Å². The third-order valence-corrected chi connectivity index (χ3v) is 4.01. The van der Waals surface area contributed by atoms with Crippen molar-refractivity contribution in [2.45, 2.75) is 0 Å². The van der Waals surface area contributed by atoms with Crippen LogP contribution in [0.5, 0.6) is 0 Å². The van der Waals surface area contributed by atoms with Crippen molar-refractivity contribution >= 4 is 17.7 Å². The monoisotopic (exact) mass is 373 g/mol. The second-order valence-electron chi connectivity index (χ2n) is 5.77. The average molecular weight is 373 g/mol. The maximum Gasteiger partial charge on any atom is 0.269 e. The number of para-hydroxylation sites is 1. The summed E-state index contributed by atoms with van der Waals surface area (Å²) in [6, 6.07) is 17.1. The third-order valence-electron chi connectivity index (χ3n) is 4.01. The van der Waals surface area contributed by atoms with Crippen LogP contribution in [0.25, 0.3) is 23.0 Å². The Morgan fingerprint density at radius 2 is 1.89 bits per heavy atom. The molecule has 1 N–H and O–H groups in total. The van der Waals surface area contributed by atoms with Crippen LogP contribution in [0, 0.1) is 21.4 Å². The fourth-order valence-corrected chi connectivity index (χ4v) is 2.61. The van der Waals surface area contributed by atoms with Crippen LogP contribution in [-0.4, -0.2) is 27.7 Å². The summed E-state index contributed by atoms with van der Waals surface area (Å²) < 4.78 is 1.63. The number of carbonyl (C=O) groups is 1. The van der Waals surface area contributed by atoms with E-state index in [1.165, 1.54) is 25.3 Å². The van der Waals surface area contributed by atoms with E-state index in [1.807, 2.05) is 36.4 Å². The number of amides is 1. The molecule has 1 amide bonds. The molecular formula is C20H15N5O3. The highest BCUT2D eigenvalue weighted by Gasteiger charge is 2.15. The molecule has 1 aromatic heterocycles. The Balaban J connectivity index is 2.15. The van der Waals surface area contributed by atoms with E-state index in [4.69, 9.17) is 0 Å². The number of hydrogen-bond acceptors (Lipinski definition) is 5. The standard InChI is InChI=1S/C20H15N5O3/c1-22-20(26)15(12-21)11-16-13-24(17-5-3-2-4-6-17)23-19(16)14-7-9-18(10-8-14)25(27)28/h2-11,13H,1H3,(H,22,26)/b15-11+. The molecule has 0 aliphatic carbocycles. The lowest BCUT2D eigenvalue weighted by molar-refractivity contribution is -0.384. The first-order valence-corrected chi connectivity index (χ1v) is 8.27. The van der Waals surface area contributed by atoms with E-state index in [1.54, 1.807) is 23.0 Å². The third kappa shape index (κ3) is 3.78. The number of carbonyl (C=O) groups excluding carboxylic acids is 1. The van der Waals surface area contributed by atoms with Crippen LogP contribution in [0.1, 0.15) is 5.56 Å². The van der Waals surface area contributed by atoms with Crippen molar-refractivity contribution < 1.29 is 9.72 Å². The number of benzene rings is 2. The summed E-state index contributed by atoms with van der Waals surface area (Å²) in [5, 5.41) is 27.2. The van der Waals surface area contributed by atoms with Gasteiger partial charge in [-0.1, -0.05) is 18.2 Å². The Labute approximate surface area is 160 Å². The zero-order valence-electron chi connectivity index (χ0n) is 14.9. The summed E-state index contributed by atoms with van der Waals surface area (Å²) >= 11 is 0. The van der Waals surface area contributed by atoms with Gasteiger partial charge in [-0.3, -0.25) is 14.9 Å². The SMILES string of the molecule is CNC(=O)/C(C#N)=C/c1cn(-c2ccccc2)nc1-c1ccc([N+](=O)[O-])cc1. The molecule has 28 heavy (non-hydrogen) atoms. The molecule has 0 spiro atoms. The fraction of sp³-hybridized carbons (Fsp3) is 0.0500. The van der Waals surface area contributed by atoms with Gasteiger partial charge >= 0.3 is 0 Å². The topological polar surface area (TPSA) is 114 Å². The molecule has 8 heteroatoms. The Bertz CT molecular complexity index is 1090. The van der Waals surface area contributed by atoms with E-state index in [0.717, 1.165) is 5.69 Å². The zero-order chi connectivity index (χ0) is 20.1. The first-order chi connectivity index (χ1) is 13.5. The van der Waals surface area contributed by atoms with Gasteiger partial charge in [-0.25, -0.2) is 4.68 Å². The molecule has 0 unspecified atom stereocenters. The molecule has 0 atom stereocenters. The van der Waals surface area contributed by atoms with Gasteiger partial charge in [0, 0.05) is 36.5 Å². The number of non-ortho nitro benzene ring substituents is 1. The van der Waals surface area contributed by atoms with Gasteiger partial charge in [0.25, 0.3) is 11.6 Å². The minimum absolute atomic E-state index is 0.0357. The van der Waals surface area contributed by atoms with Crippen molar-refractivity contribution in [1.82, 2.24) is 15.1 Å².